The average Bonchev–Trinajstić information content (AvgIpc) is 2.28. The lowest BCUT2D eigenvalue weighted by Gasteiger charge is -2.30. The molecule has 1 heterocycles. The van der Waals surface area contributed by atoms with Crippen molar-refractivity contribution >= 4 is 5.91 Å². The third-order valence-corrected chi connectivity index (χ3v) is 3.94. The summed E-state index contributed by atoms with van der Waals surface area (Å²) in [6, 6.07) is 0. The Labute approximate surface area is 111 Å². The highest BCUT2D eigenvalue weighted by molar-refractivity contribution is 5.81. The Kier molecular flexibility index (Phi) is 6.09. The van der Waals surface area contributed by atoms with Gasteiger partial charge < -0.3 is 16.0 Å². The molecule has 1 aliphatic heterocycles. The first kappa shape index (κ1) is 15.4. The third kappa shape index (κ3) is 4.94. The number of amides is 1. The first-order chi connectivity index (χ1) is 8.45. The van der Waals surface area contributed by atoms with Crippen LogP contribution in [-0.2, 0) is 4.79 Å². The molecule has 106 valence electrons. The lowest BCUT2D eigenvalue weighted by atomic mass is 9.88. The van der Waals surface area contributed by atoms with Crippen molar-refractivity contribution in [3.63, 3.8) is 0 Å². The van der Waals surface area contributed by atoms with E-state index in [1.165, 1.54) is 25.9 Å². The fourth-order valence-electron chi connectivity index (χ4n) is 2.61. The molecule has 0 bridgehead atoms. The Morgan fingerprint density at radius 1 is 1.50 bits per heavy atom. The highest BCUT2D eigenvalue weighted by Gasteiger charge is 2.26. The van der Waals surface area contributed by atoms with Crippen LogP contribution in [0.15, 0.2) is 0 Å². The molecule has 1 rings (SSSR count). The summed E-state index contributed by atoms with van der Waals surface area (Å²) >= 11 is 0. The number of nitrogens with two attached hydrogens (primary N) is 1. The molecular formula is C14H29N3O. The molecule has 0 aliphatic carbocycles. The van der Waals surface area contributed by atoms with E-state index in [1.54, 1.807) is 0 Å². The molecule has 1 unspecified atom stereocenters. The SMILES string of the molecule is CN1CCCC(CCNC(=O)C(C)(C)CCN)C1. The monoisotopic (exact) mass is 255 g/mol. The van der Waals surface area contributed by atoms with Crippen molar-refractivity contribution in [3.05, 3.63) is 0 Å². The number of carbonyl (C=O) groups excluding carboxylic acids is 1. The molecule has 0 aromatic carbocycles. The molecule has 1 amide bonds. The summed E-state index contributed by atoms with van der Waals surface area (Å²) in [7, 11) is 2.18. The number of carbonyl (C=O) groups is 1. The van der Waals surface area contributed by atoms with Gasteiger partial charge in [-0.25, -0.2) is 0 Å². The molecular weight excluding hydrogens is 226 g/mol. The maximum Gasteiger partial charge on any atom is 0.225 e. The fraction of sp³-hybridized carbons (Fsp3) is 0.929. The van der Waals surface area contributed by atoms with Crippen LogP contribution in [0.5, 0.6) is 0 Å². The largest absolute Gasteiger partial charge is 0.356 e. The van der Waals surface area contributed by atoms with Gasteiger partial charge in [0.05, 0.1) is 0 Å². The van der Waals surface area contributed by atoms with Gasteiger partial charge in [-0.1, -0.05) is 13.8 Å². The highest BCUT2D eigenvalue weighted by atomic mass is 16.2. The maximum absolute atomic E-state index is 12.0. The second-order valence-electron chi connectivity index (χ2n) is 6.24. The summed E-state index contributed by atoms with van der Waals surface area (Å²) in [5.74, 6) is 0.874. The minimum absolute atomic E-state index is 0.136. The molecule has 1 aliphatic rings. The standard InChI is InChI=1S/C14H29N3O/c1-14(2,7-8-15)13(18)16-9-6-12-5-4-10-17(3)11-12/h12H,4-11,15H2,1-3H3,(H,16,18). The lowest BCUT2D eigenvalue weighted by Crippen LogP contribution is -2.40. The second-order valence-corrected chi connectivity index (χ2v) is 6.24. The molecule has 0 aromatic rings. The lowest BCUT2D eigenvalue weighted by molar-refractivity contribution is -0.129. The smallest absolute Gasteiger partial charge is 0.225 e. The van der Waals surface area contributed by atoms with Crippen LogP contribution in [0, 0.1) is 11.3 Å². The second kappa shape index (κ2) is 7.10. The Hall–Kier alpha value is -0.610. The molecule has 0 saturated carbocycles. The van der Waals surface area contributed by atoms with Crippen molar-refractivity contribution in [1.29, 1.82) is 0 Å². The molecule has 18 heavy (non-hydrogen) atoms. The summed E-state index contributed by atoms with van der Waals surface area (Å²) in [6.45, 7) is 7.67. The zero-order chi connectivity index (χ0) is 13.6. The van der Waals surface area contributed by atoms with Crippen LogP contribution in [0.25, 0.3) is 0 Å². The van der Waals surface area contributed by atoms with Crippen molar-refractivity contribution in [2.45, 2.75) is 39.5 Å². The van der Waals surface area contributed by atoms with Crippen molar-refractivity contribution in [1.82, 2.24) is 10.2 Å². The Morgan fingerprint density at radius 3 is 2.83 bits per heavy atom. The number of rotatable bonds is 6. The zero-order valence-corrected chi connectivity index (χ0v) is 12.2. The van der Waals surface area contributed by atoms with E-state index in [-0.39, 0.29) is 11.3 Å². The van der Waals surface area contributed by atoms with E-state index in [9.17, 15) is 4.79 Å². The van der Waals surface area contributed by atoms with Crippen LogP contribution in [0.3, 0.4) is 0 Å². The Bertz CT molecular complexity index is 266. The van der Waals surface area contributed by atoms with Gasteiger partial charge in [0.2, 0.25) is 5.91 Å². The van der Waals surface area contributed by atoms with Crippen LogP contribution < -0.4 is 11.1 Å². The van der Waals surface area contributed by atoms with Gasteiger partial charge in [-0.3, -0.25) is 4.79 Å². The highest BCUT2D eigenvalue weighted by Crippen LogP contribution is 2.20. The van der Waals surface area contributed by atoms with Crippen LogP contribution in [0.2, 0.25) is 0 Å². The number of hydrogen-bond donors (Lipinski definition) is 2. The normalized spacial score (nSPS) is 21.9. The van der Waals surface area contributed by atoms with Crippen molar-refractivity contribution < 1.29 is 4.79 Å². The van der Waals surface area contributed by atoms with Gasteiger partial charge in [0.15, 0.2) is 0 Å². The molecule has 0 radical (unpaired) electrons. The molecule has 1 atom stereocenters. The van der Waals surface area contributed by atoms with E-state index >= 15 is 0 Å². The van der Waals surface area contributed by atoms with Gasteiger partial charge in [0.25, 0.3) is 0 Å². The number of likely N-dealkylation sites (tertiary alicyclic amines) is 1. The minimum atomic E-state index is -0.335. The number of nitrogens with one attached hydrogen (secondary N) is 1. The predicted molar refractivity (Wildman–Crippen MR) is 75.3 cm³/mol. The van der Waals surface area contributed by atoms with E-state index in [0.717, 1.165) is 25.3 Å². The number of hydrogen-bond acceptors (Lipinski definition) is 3. The van der Waals surface area contributed by atoms with Gasteiger partial charge in [0.1, 0.15) is 0 Å². The average molecular weight is 255 g/mol. The van der Waals surface area contributed by atoms with Crippen LogP contribution in [0.1, 0.15) is 39.5 Å². The molecule has 0 spiro atoms. The minimum Gasteiger partial charge on any atom is -0.356 e. The van der Waals surface area contributed by atoms with Crippen LogP contribution >= 0.6 is 0 Å². The van der Waals surface area contributed by atoms with Crippen molar-refractivity contribution in [2.24, 2.45) is 17.1 Å². The topological polar surface area (TPSA) is 58.4 Å². The van der Waals surface area contributed by atoms with Gasteiger partial charge in [0, 0.05) is 18.5 Å². The first-order valence-corrected chi connectivity index (χ1v) is 7.12. The molecule has 3 N–H and O–H groups in total. The van der Waals surface area contributed by atoms with E-state index in [1.807, 2.05) is 13.8 Å². The third-order valence-electron chi connectivity index (χ3n) is 3.94. The Balaban J connectivity index is 2.22. The predicted octanol–water partition coefficient (Wildman–Crippen LogP) is 1.21. The Morgan fingerprint density at radius 2 is 2.22 bits per heavy atom. The van der Waals surface area contributed by atoms with Gasteiger partial charge in [-0.2, -0.15) is 0 Å². The van der Waals surface area contributed by atoms with Crippen LogP contribution in [-0.4, -0.2) is 44.0 Å². The molecule has 1 saturated heterocycles. The maximum atomic E-state index is 12.0. The van der Waals surface area contributed by atoms with Gasteiger partial charge >= 0.3 is 0 Å². The van der Waals surface area contributed by atoms with E-state index in [2.05, 4.69) is 17.3 Å². The number of nitrogens with zero attached hydrogens (tertiary/aromatic N) is 1. The van der Waals surface area contributed by atoms with Crippen molar-refractivity contribution in [3.8, 4) is 0 Å². The van der Waals surface area contributed by atoms with Crippen LogP contribution in [0.4, 0.5) is 0 Å². The summed E-state index contributed by atoms with van der Waals surface area (Å²) in [5, 5.41) is 3.06. The molecule has 0 aromatic heterocycles. The van der Waals surface area contributed by atoms with Crippen molar-refractivity contribution in [2.75, 3.05) is 33.2 Å². The molecule has 4 heteroatoms. The molecule has 1 fully saturated rings. The zero-order valence-electron chi connectivity index (χ0n) is 12.2. The van der Waals surface area contributed by atoms with E-state index in [0.29, 0.717) is 6.54 Å². The van der Waals surface area contributed by atoms with E-state index < -0.39 is 0 Å². The summed E-state index contributed by atoms with van der Waals surface area (Å²) in [4.78, 5) is 14.4. The summed E-state index contributed by atoms with van der Waals surface area (Å²) in [6.07, 6.45) is 4.42. The summed E-state index contributed by atoms with van der Waals surface area (Å²) in [5.41, 5.74) is 5.19. The fourth-order valence-corrected chi connectivity index (χ4v) is 2.61. The van der Waals surface area contributed by atoms with E-state index in [4.69, 9.17) is 5.73 Å². The van der Waals surface area contributed by atoms with Gasteiger partial charge in [-0.15, -0.1) is 0 Å². The van der Waals surface area contributed by atoms with Gasteiger partial charge in [-0.05, 0) is 51.7 Å². The summed E-state index contributed by atoms with van der Waals surface area (Å²) < 4.78 is 0. The quantitative estimate of drug-likeness (QED) is 0.750. The first-order valence-electron chi connectivity index (χ1n) is 7.12. The number of piperidine rings is 1. The molecule has 4 nitrogen and oxygen atoms in total.